The van der Waals surface area contributed by atoms with Crippen molar-refractivity contribution in [2.24, 2.45) is 5.10 Å². The lowest BCUT2D eigenvalue weighted by molar-refractivity contribution is 0.0951. The van der Waals surface area contributed by atoms with Crippen LogP contribution in [-0.4, -0.2) is 12.1 Å². The van der Waals surface area contributed by atoms with Gasteiger partial charge in [0, 0.05) is 4.88 Å². The molecule has 0 aliphatic heterocycles. The largest absolute Gasteiger partial charge is 0.274 e. The minimum Gasteiger partial charge on any atom is -0.267 e. The smallest absolute Gasteiger partial charge is 0.267 e. The summed E-state index contributed by atoms with van der Waals surface area (Å²) in [4.78, 5) is 12.5. The van der Waals surface area contributed by atoms with Crippen molar-refractivity contribution >= 4 is 23.5 Å². The molecule has 0 fully saturated rings. The fourth-order valence-corrected chi connectivity index (χ4v) is 1.93. The van der Waals surface area contributed by atoms with E-state index in [1.807, 2.05) is 17.5 Å². The van der Waals surface area contributed by atoms with E-state index in [-0.39, 0.29) is 11.1 Å². The average Bonchev–Trinajstić information content (AvgIpc) is 2.91. The molecular formula is C13H8FN3OS. The standard InChI is InChI=1S/C13H8FN3OS/c14-12-6-9(7-15)3-4-11(12)13(18)17-16-8-10-2-1-5-19-10/h1-6,8H,(H,17,18). The summed E-state index contributed by atoms with van der Waals surface area (Å²) in [6.07, 6.45) is 1.48. The number of nitrogens with zero attached hydrogens (tertiary/aromatic N) is 2. The molecule has 0 aliphatic rings. The number of hydrogen-bond donors (Lipinski definition) is 1. The van der Waals surface area contributed by atoms with Gasteiger partial charge < -0.3 is 0 Å². The van der Waals surface area contributed by atoms with Gasteiger partial charge in [-0.3, -0.25) is 4.79 Å². The summed E-state index contributed by atoms with van der Waals surface area (Å²) in [6.45, 7) is 0. The minimum absolute atomic E-state index is 0.151. The highest BCUT2D eigenvalue weighted by atomic mass is 32.1. The van der Waals surface area contributed by atoms with Crippen molar-refractivity contribution in [2.45, 2.75) is 0 Å². The SMILES string of the molecule is N#Cc1ccc(C(=O)NN=Cc2cccs2)c(F)c1. The molecule has 0 bridgehead atoms. The molecule has 1 heterocycles. The Balaban J connectivity index is 2.06. The number of hydrazone groups is 1. The maximum atomic E-state index is 13.5. The maximum Gasteiger partial charge on any atom is 0.274 e. The number of benzene rings is 1. The summed E-state index contributed by atoms with van der Waals surface area (Å²) in [5, 5.41) is 14.2. The van der Waals surface area contributed by atoms with Crippen molar-refractivity contribution in [1.29, 1.82) is 5.26 Å². The number of carbonyl (C=O) groups is 1. The molecule has 0 unspecified atom stereocenters. The van der Waals surface area contributed by atoms with Crippen LogP contribution in [0.2, 0.25) is 0 Å². The summed E-state index contributed by atoms with van der Waals surface area (Å²) >= 11 is 1.47. The monoisotopic (exact) mass is 273 g/mol. The van der Waals surface area contributed by atoms with E-state index in [2.05, 4.69) is 10.5 Å². The van der Waals surface area contributed by atoms with Crippen LogP contribution in [0.4, 0.5) is 4.39 Å². The van der Waals surface area contributed by atoms with E-state index >= 15 is 0 Å². The zero-order valence-corrected chi connectivity index (χ0v) is 10.4. The van der Waals surface area contributed by atoms with E-state index in [9.17, 15) is 9.18 Å². The predicted molar refractivity (Wildman–Crippen MR) is 70.5 cm³/mol. The Hall–Kier alpha value is -2.52. The van der Waals surface area contributed by atoms with E-state index in [0.717, 1.165) is 10.9 Å². The molecule has 6 heteroatoms. The number of nitriles is 1. The third-order valence-electron chi connectivity index (χ3n) is 2.24. The summed E-state index contributed by atoms with van der Waals surface area (Å²) in [5.41, 5.74) is 2.24. The van der Waals surface area contributed by atoms with Crippen LogP contribution in [0.25, 0.3) is 0 Å². The molecule has 4 nitrogen and oxygen atoms in total. The van der Waals surface area contributed by atoms with E-state index in [4.69, 9.17) is 5.26 Å². The average molecular weight is 273 g/mol. The van der Waals surface area contributed by atoms with Crippen LogP contribution in [0.5, 0.6) is 0 Å². The molecule has 0 radical (unpaired) electrons. The fraction of sp³-hybridized carbons (Fsp3) is 0. The Labute approximate surface area is 112 Å². The van der Waals surface area contributed by atoms with Crippen molar-refractivity contribution in [3.8, 4) is 6.07 Å². The Morgan fingerprint density at radius 2 is 2.32 bits per heavy atom. The quantitative estimate of drug-likeness (QED) is 0.689. The van der Waals surface area contributed by atoms with Gasteiger partial charge in [0.25, 0.3) is 5.91 Å². The molecule has 94 valence electrons. The van der Waals surface area contributed by atoms with Gasteiger partial charge in [0.2, 0.25) is 0 Å². The first-order valence-corrected chi connectivity index (χ1v) is 6.15. The second-order valence-electron chi connectivity index (χ2n) is 3.52. The van der Waals surface area contributed by atoms with Gasteiger partial charge in [-0.05, 0) is 29.6 Å². The number of nitrogens with one attached hydrogen (secondary N) is 1. The normalized spacial score (nSPS) is 10.3. The van der Waals surface area contributed by atoms with Gasteiger partial charge in [0.05, 0.1) is 23.4 Å². The van der Waals surface area contributed by atoms with Crippen LogP contribution in [0.1, 0.15) is 20.8 Å². The van der Waals surface area contributed by atoms with Crippen LogP contribution in [0.3, 0.4) is 0 Å². The van der Waals surface area contributed by atoms with Gasteiger partial charge in [-0.15, -0.1) is 11.3 Å². The number of halogens is 1. The number of thiophene rings is 1. The van der Waals surface area contributed by atoms with Gasteiger partial charge >= 0.3 is 0 Å². The van der Waals surface area contributed by atoms with Crippen LogP contribution in [0, 0.1) is 17.1 Å². The van der Waals surface area contributed by atoms with Crippen LogP contribution in [-0.2, 0) is 0 Å². The van der Waals surface area contributed by atoms with Crippen molar-refractivity contribution < 1.29 is 9.18 Å². The van der Waals surface area contributed by atoms with E-state index < -0.39 is 11.7 Å². The first-order valence-electron chi connectivity index (χ1n) is 5.27. The lowest BCUT2D eigenvalue weighted by atomic mass is 10.1. The number of carbonyl (C=O) groups excluding carboxylic acids is 1. The van der Waals surface area contributed by atoms with Crippen molar-refractivity contribution in [3.63, 3.8) is 0 Å². The molecule has 0 spiro atoms. The molecule has 0 atom stereocenters. The highest BCUT2D eigenvalue weighted by molar-refractivity contribution is 7.11. The second kappa shape index (κ2) is 5.89. The van der Waals surface area contributed by atoms with Crippen LogP contribution >= 0.6 is 11.3 Å². The Bertz CT molecular complexity index is 659. The first kappa shape index (κ1) is 12.9. The van der Waals surface area contributed by atoms with Gasteiger partial charge in [-0.1, -0.05) is 6.07 Å². The van der Waals surface area contributed by atoms with Crippen LogP contribution in [0.15, 0.2) is 40.8 Å². The van der Waals surface area contributed by atoms with E-state index in [1.54, 1.807) is 6.07 Å². The molecule has 0 saturated heterocycles. The lowest BCUT2D eigenvalue weighted by Gasteiger charge is -2.01. The topological polar surface area (TPSA) is 65.2 Å². The molecule has 0 saturated carbocycles. The molecule has 0 aliphatic carbocycles. The van der Waals surface area contributed by atoms with Gasteiger partial charge in [0.1, 0.15) is 5.82 Å². The van der Waals surface area contributed by atoms with Crippen molar-refractivity contribution in [3.05, 3.63) is 57.5 Å². The number of rotatable bonds is 3. The van der Waals surface area contributed by atoms with Gasteiger partial charge in [-0.25, -0.2) is 9.82 Å². The highest BCUT2D eigenvalue weighted by Crippen LogP contribution is 2.10. The zero-order valence-electron chi connectivity index (χ0n) is 9.63. The molecule has 2 rings (SSSR count). The molecule has 1 aromatic heterocycles. The fourth-order valence-electron chi connectivity index (χ4n) is 1.35. The summed E-state index contributed by atoms with van der Waals surface area (Å²) in [5.74, 6) is -1.40. The third kappa shape index (κ3) is 3.24. The molecule has 1 amide bonds. The number of hydrogen-bond acceptors (Lipinski definition) is 4. The molecule has 1 aromatic carbocycles. The van der Waals surface area contributed by atoms with Gasteiger partial charge in [0.15, 0.2) is 0 Å². The minimum atomic E-state index is -0.747. The Morgan fingerprint density at radius 3 is 2.95 bits per heavy atom. The van der Waals surface area contributed by atoms with E-state index in [0.29, 0.717) is 0 Å². The van der Waals surface area contributed by atoms with Crippen molar-refractivity contribution in [1.82, 2.24) is 5.43 Å². The molecule has 2 aromatic rings. The third-order valence-corrected chi connectivity index (χ3v) is 3.05. The molecule has 1 N–H and O–H groups in total. The maximum absolute atomic E-state index is 13.5. The molecule has 19 heavy (non-hydrogen) atoms. The summed E-state index contributed by atoms with van der Waals surface area (Å²) < 4.78 is 13.5. The number of amides is 1. The summed E-state index contributed by atoms with van der Waals surface area (Å²) in [7, 11) is 0. The van der Waals surface area contributed by atoms with Crippen LogP contribution < -0.4 is 5.43 Å². The molecular weight excluding hydrogens is 265 g/mol. The first-order chi connectivity index (χ1) is 9.20. The summed E-state index contributed by atoms with van der Waals surface area (Å²) in [6, 6.07) is 9.13. The highest BCUT2D eigenvalue weighted by Gasteiger charge is 2.11. The second-order valence-corrected chi connectivity index (χ2v) is 4.50. The lowest BCUT2D eigenvalue weighted by Crippen LogP contribution is -2.19. The Morgan fingerprint density at radius 1 is 1.47 bits per heavy atom. The van der Waals surface area contributed by atoms with Crippen molar-refractivity contribution in [2.75, 3.05) is 0 Å². The zero-order chi connectivity index (χ0) is 13.7. The van der Waals surface area contributed by atoms with E-state index in [1.165, 1.54) is 29.7 Å². The van der Waals surface area contributed by atoms with Gasteiger partial charge in [-0.2, -0.15) is 10.4 Å². The Kier molecular flexibility index (Phi) is 4.00. The predicted octanol–water partition coefficient (Wildman–Crippen LogP) is 2.52.